The summed E-state index contributed by atoms with van der Waals surface area (Å²) in [5.41, 5.74) is 4.36. The van der Waals surface area contributed by atoms with E-state index in [9.17, 15) is 14.7 Å². The van der Waals surface area contributed by atoms with Crippen molar-refractivity contribution in [3.8, 4) is 0 Å². The Bertz CT molecular complexity index is 1180. The second-order valence-electron chi connectivity index (χ2n) is 11.5. The van der Waals surface area contributed by atoms with Crippen molar-refractivity contribution in [2.75, 3.05) is 26.3 Å². The second kappa shape index (κ2) is 8.98. The Kier molecular flexibility index (Phi) is 5.90. The van der Waals surface area contributed by atoms with Gasteiger partial charge in [-0.3, -0.25) is 9.59 Å². The van der Waals surface area contributed by atoms with Crippen LogP contribution >= 0.6 is 0 Å². The minimum atomic E-state index is -0.669. The molecule has 7 heteroatoms. The van der Waals surface area contributed by atoms with E-state index >= 15 is 0 Å². The molecule has 4 heterocycles. The van der Waals surface area contributed by atoms with Crippen molar-refractivity contribution in [1.29, 1.82) is 0 Å². The van der Waals surface area contributed by atoms with E-state index in [1.54, 1.807) is 11.0 Å². The molecule has 4 unspecified atom stereocenters. The third kappa shape index (κ3) is 4.03. The number of morpholine rings is 1. The Labute approximate surface area is 212 Å². The number of ether oxygens (including phenoxy) is 1. The largest absolute Gasteiger partial charge is 0.390 e. The van der Waals surface area contributed by atoms with E-state index in [1.165, 1.54) is 11.1 Å². The van der Waals surface area contributed by atoms with E-state index in [-0.39, 0.29) is 41.9 Å². The third-order valence-electron chi connectivity index (χ3n) is 8.56. The van der Waals surface area contributed by atoms with Gasteiger partial charge in [0.25, 0.3) is 11.8 Å². The number of amides is 2. The number of hydrogen-bond donors (Lipinski definition) is 2. The Morgan fingerprint density at radius 2 is 1.86 bits per heavy atom. The molecule has 36 heavy (non-hydrogen) atoms. The fourth-order valence-corrected chi connectivity index (χ4v) is 6.59. The van der Waals surface area contributed by atoms with Crippen molar-refractivity contribution >= 4 is 11.8 Å². The Morgan fingerprint density at radius 3 is 2.61 bits per heavy atom. The smallest absolute Gasteiger partial charge is 0.254 e. The van der Waals surface area contributed by atoms with Gasteiger partial charge in [0.15, 0.2) is 0 Å². The lowest BCUT2D eigenvalue weighted by atomic mass is 9.77. The van der Waals surface area contributed by atoms with Gasteiger partial charge in [0.1, 0.15) is 0 Å². The molecule has 0 aromatic heterocycles. The summed E-state index contributed by atoms with van der Waals surface area (Å²) in [6, 6.07) is 14.0. The number of aliphatic hydroxyl groups is 1. The first-order valence-corrected chi connectivity index (χ1v) is 13.1. The number of carbonyl (C=O) groups excluding carboxylic acids is 2. The molecule has 2 bridgehead atoms. The highest BCUT2D eigenvalue weighted by Gasteiger charge is 2.42. The van der Waals surface area contributed by atoms with Gasteiger partial charge in [0.2, 0.25) is 0 Å². The van der Waals surface area contributed by atoms with Crippen LogP contribution in [0.1, 0.15) is 64.1 Å². The standard InChI is InChI=1S/C29H35N3O4/c1-29(2)17-31(14-26(33)25-12-18-5-3-4-6-20(18)13-30-25)28(35)23-10-7-19(11-24(23)29)27(34)32-21-8-9-22(32)16-36-15-21/h3-7,10-11,21-22,25-26,30,33H,8-9,12-17H2,1-2H3. The molecule has 2 saturated heterocycles. The van der Waals surface area contributed by atoms with Gasteiger partial charge in [-0.05, 0) is 54.2 Å². The van der Waals surface area contributed by atoms with Gasteiger partial charge in [0.05, 0.1) is 31.4 Å². The van der Waals surface area contributed by atoms with Crippen LogP contribution in [0.2, 0.25) is 0 Å². The molecule has 2 N–H and O–H groups in total. The van der Waals surface area contributed by atoms with E-state index in [1.807, 2.05) is 29.2 Å². The van der Waals surface area contributed by atoms with E-state index < -0.39 is 6.10 Å². The van der Waals surface area contributed by atoms with Crippen LogP contribution in [0.4, 0.5) is 0 Å². The van der Waals surface area contributed by atoms with E-state index in [0.29, 0.717) is 30.9 Å². The van der Waals surface area contributed by atoms with Crippen molar-refractivity contribution in [3.63, 3.8) is 0 Å². The van der Waals surface area contributed by atoms with Crippen molar-refractivity contribution in [3.05, 3.63) is 70.3 Å². The summed E-state index contributed by atoms with van der Waals surface area (Å²) in [5.74, 6) is -0.0385. The van der Waals surface area contributed by atoms with Crippen LogP contribution in [0.3, 0.4) is 0 Å². The second-order valence-corrected chi connectivity index (χ2v) is 11.5. The maximum atomic E-state index is 13.5. The average Bonchev–Trinajstić information content (AvgIpc) is 3.13. The summed E-state index contributed by atoms with van der Waals surface area (Å²) in [5, 5.41) is 14.5. The minimum absolute atomic E-state index is 0.0401. The first-order chi connectivity index (χ1) is 17.3. The van der Waals surface area contributed by atoms with E-state index in [0.717, 1.165) is 31.4 Å². The van der Waals surface area contributed by atoms with Crippen LogP contribution < -0.4 is 5.32 Å². The number of aliphatic hydroxyl groups excluding tert-OH is 1. The molecule has 7 nitrogen and oxygen atoms in total. The molecule has 4 aliphatic heterocycles. The molecule has 2 fully saturated rings. The number of benzene rings is 2. The number of carbonyl (C=O) groups is 2. The summed E-state index contributed by atoms with van der Waals surface area (Å²) >= 11 is 0. The summed E-state index contributed by atoms with van der Waals surface area (Å²) in [4.78, 5) is 30.7. The molecule has 0 radical (unpaired) electrons. The van der Waals surface area contributed by atoms with Crippen LogP contribution in [0.15, 0.2) is 42.5 Å². The highest BCUT2D eigenvalue weighted by atomic mass is 16.5. The number of β-amino-alcohol motifs (C(OH)–C–C–N with tert-alkyl or cyclic N) is 1. The van der Waals surface area contributed by atoms with E-state index in [2.05, 4.69) is 31.3 Å². The average molecular weight is 490 g/mol. The summed E-state index contributed by atoms with van der Waals surface area (Å²) in [6.07, 6.45) is 2.06. The zero-order chi connectivity index (χ0) is 25.0. The molecule has 0 spiro atoms. The van der Waals surface area contributed by atoms with Crippen LogP contribution in [0.25, 0.3) is 0 Å². The quantitative estimate of drug-likeness (QED) is 0.690. The van der Waals surface area contributed by atoms with Gasteiger partial charge in [0, 0.05) is 42.2 Å². The third-order valence-corrected chi connectivity index (χ3v) is 8.56. The number of fused-ring (bicyclic) bond motifs is 4. The van der Waals surface area contributed by atoms with Gasteiger partial charge in [-0.25, -0.2) is 0 Å². The van der Waals surface area contributed by atoms with Gasteiger partial charge < -0.3 is 25.0 Å². The molecular formula is C29H35N3O4. The lowest BCUT2D eigenvalue weighted by Crippen LogP contribution is -2.54. The first-order valence-electron chi connectivity index (χ1n) is 13.1. The molecule has 0 aliphatic carbocycles. The molecule has 190 valence electrons. The lowest BCUT2D eigenvalue weighted by molar-refractivity contribution is -0.00717. The van der Waals surface area contributed by atoms with Crippen LogP contribution in [-0.4, -0.2) is 77.3 Å². The van der Waals surface area contributed by atoms with Crippen LogP contribution in [0, 0.1) is 0 Å². The SMILES string of the molecule is CC1(C)CN(CC(O)C2Cc3ccccc3CN2)C(=O)c2ccc(C(=O)N3C4CCC3COC4)cc21. The van der Waals surface area contributed by atoms with Crippen LogP contribution in [-0.2, 0) is 23.1 Å². The maximum Gasteiger partial charge on any atom is 0.254 e. The van der Waals surface area contributed by atoms with Gasteiger partial charge >= 0.3 is 0 Å². The maximum absolute atomic E-state index is 13.5. The van der Waals surface area contributed by atoms with Crippen molar-refractivity contribution in [2.24, 2.45) is 0 Å². The summed E-state index contributed by atoms with van der Waals surface area (Å²) in [7, 11) is 0. The predicted molar refractivity (Wildman–Crippen MR) is 136 cm³/mol. The van der Waals surface area contributed by atoms with Gasteiger partial charge in [-0.1, -0.05) is 38.1 Å². The number of rotatable bonds is 4. The normalized spacial score (nSPS) is 27.4. The highest BCUT2D eigenvalue weighted by molar-refractivity contribution is 6.00. The zero-order valence-corrected chi connectivity index (χ0v) is 21.1. The molecule has 2 amide bonds. The molecule has 4 atom stereocenters. The molecule has 2 aromatic carbocycles. The van der Waals surface area contributed by atoms with Crippen molar-refractivity contribution in [1.82, 2.24) is 15.1 Å². The first kappa shape index (κ1) is 23.6. The van der Waals surface area contributed by atoms with Crippen molar-refractivity contribution in [2.45, 2.75) is 69.3 Å². The van der Waals surface area contributed by atoms with Gasteiger partial charge in [-0.15, -0.1) is 0 Å². The Hall–Kier alpha value is -2.74. The summed E-state index contributed by atoms with van der Waals surface area (Å²) in [6.45, 7) is 6.94. The summed E-state index contributed by atoms with van der Waals surface area (Å²) < 4.78 is 5.65. The Morgan fingerprint density at radius 1 is 1.14 bits per heavy atom. The zero-order valence-electron chi connectivity index (χ0n) is 21.1. The Balaban J connectivity index is 1.20. The topological polar surface area (TPSA) is 82.1 Å². The highest BCUT2D eigenvalue weighted by Crippen LogP contribution is 2.36. The number of nitrogens with zero attached hydrogens (tertiary/aromatic N) is 2. The molecule has 6 rings (SSSR count). The fraction of sp³-hybridized carbons (Fsp3) is 0.517. The monoisotopic (exact) mass is 489 g/mol. The number of hydrogen-bond acceptors (Lipinski definition) is 5. The van der Waals surface area contributed by atoms with Gasteiger partial charge in [-0.2, -0.15) is 0 Å². The van der Waals surface area contributed by atoms with Crippen LogP contribution in [0.5, 0.6) is 0 Å². The number of nitrogens with one attached hydrogen (secondary N) is 1. The molecule has 4 aliphatic rings. The minimum Gasteiger partial charge on any atom is -0.390 e. The molecular weight excluding hydrogens is 454 g/mol. The lowest BCUT2D eigenvalue weighted by Gasteiger charge is -2.42. The molecule has 0 saturated carbocycles. The fourth-order valence-electron chi connectivity index (χ4n) is 6.59. The van der Waals surface area contributed by atoms with Crippen molar-refractivity contribution < 1.29 is 19.4 Å². The van der Waals surface area contributed by atoms with E-state index in [4.69, 9.17) is 4.74 Å². The predicted octanol–water partition coefficient (Wildman–Crippen LogP) is 2.50. The molecule has 2 aromatic rings.